The Balaban J connectivity index is 2.41. The summed E-state index contributed by atoms with van der Waals surface area (Å²) < 4.78 is 38.7. The highest BCUT2D eigenvalue weighted by Gasteiger charge is 2.34. The fourth-order valence-electron chi connectivity index (χ4n) is 1.87. The van der Waals surface area contributed by atoms with E-state index in [9.17, 15) is 13.2 Å². The third-order valence-corrected chi connectivity index (χ3v) is 2.82. The fourth-order valence-corrected chi connectivity index (χ4v) is 1.87. The van der Waals surface area contributed by atoms with Crippen molar-refractivity contribution in [1.29, 1.82) is 0 Å². The minimum atomic E-state index is -4.46. The molecule has 0 spiro atoms. The van der Waals surface area contributed by atoms with Gasteiger partial charge in [0.2, 0.25) is 0 Å². The Labute approximate surface area is 114 Å². The molecule has 20 heavy (non-hydrogen) atoms. The number of nitrogens with two attached hydrogens (primary N) is 1. The van der Waals surface area contributed by atoms with E-state index < -0.39 is 11.7 Å². The number of hydrogen-bond donors (Lipinski definition) is 2. The van der Waals surface area contributed by atoms with Crippen LogP contribution in [0.15, 0.2) is 42.6 Å². The predicted molar refractivity (Wildman–Crippen MR) is 71.6 cm³/mol. The van der Waals surface area contributed by atoms with Crippen LogP contribution in [0.5, 0.6) is 0 Å². The van der Waals surface area contributed by atoms with E-state index in [0.717, 1.165) is 11.6 Å². The van der Waals surface area contributed by atoms with Crippen molar-refractivity contribution in [2.75, 3.05) is 5.32 Å². The quantitative estimate of drug-likeness (QED) is 0.898. The van der Waals surface area contributed by atoms with E-state index in [0.29, 0.717) is 5.69 Å². The van der Waals surface area contributed by atoms with Crippen molar-refractivity contribution in [2.24, 2.45) is 5.73 Å². The highest BCUT2D eigenvalue weighted by Crippen LogP contribution is 2.35. The highest BCUT2D eigenvalue weighted by molar-refractivity contribution is 5.64. The van der Waals surface area contributed by atoms with E-state index in [4.69, 9.17) is 5.73 Å². The van der Waals surface area contributed by atoms with Crippen molar-refractivity contribution in [3.63, 3.8) is 0 Å². The molecule has 0 radical (unpaired) electrons. The number of nitrogens with zero attached hydrogens (tertiary/aromatic N) is 1. The van der Waals surface area contributed by atoms with Crippen LogP contribution in [0.3, 0.4) is 0 Å². The van der Waals surface area contributed by atoms with Crippen molar-refractivity contribution in [2.45, 2.75) is 19.1 Å². The van der Waals surface area contributed by atoms with Gasteiger partial charge in [0.15, 0.2) is 0 Å². The van der Waals surface area contributed by atoms with Crippen LogP contribution in [0.1, 0.15) is 24.1 Å². The lowest BCUT2D eigenvalue weighted by Gasteiger charge is -2.17. The number of benzene rings is 1. The summed E-state index contributed by atoms with van der Waals surface area (Å²) in [6, 6.07) is 8.90. The Bertz CT molecular complexity index is 594. The molecule has 0 saturated carbocycles. The second kappa shape index (κ2) is 5.50. The second-order valence-electron chi connectivity index (χ2n) is 4.40. The zero-order valence-corrected chi connectivity index (χ0v) is 10.8. The molecule has 0 aliphatic heterocycles. The van der Waals surface area contributed by atoms with Crippen LogP contribution in [0.25, 0.3) is 0 Å². The van der Waals surface area contributed by atoms with Gasteiger partial charge < -0.3 is 11.1 Å². The predicted octanol–water partition coefficient (Wildman–Crippen LogP) is 3.86. The number of para-hydroxylation sites is 1. The maximum atomic E-state index is 12.9. The summed E-state index contributed by atoms with van der Waals surface area (Å²) in [6.07, 6.45) is -3.15. The van der Waals surface area contributed by atoms with Crippen LogP contribution >= 0.6 is 0 Å². The molecule has 3 nitrogen and oxygen atoms in total. The van der Waals surface area contributed by atoms with Crippen molar-refractivity contribution >= 4 is 11.5 Å². The molecule has 2 aromatic rings. The Kier molecular flexibility index (Phi) is 3.94. The van der Waals surface area contributed by atoms with Gasteiger partial charge in [0.25, 0.3) is 0 Å². The molecule has 2 rings (SSSR count). The molecule has 0 aliphatic carbocycles. The monoisotopic (exact) mass is 281 g/mol. The second-order valence-corrected chi connectivity index (χ2v) is 4.40. The van der Waals surface area contributed by atoms with Gasteiger partial charge >= 0.3 is 6.18 Å². The van der Waals surface area contributed by atoms with Crippen molar-refractivity contribution in [1.82, 2.24) is 4.98 Å². The normalized spacial score (nSPS) is 13.1. The SMILES string of the molecule is CC(N)c1ccccc1Nc1ncccc1C(F)(F)F. The number of aromatic nitrogens is 1. The average molecular weight is 281 g/mol. The first-order chi connectivity index (χ1) is 9.39. The topological polar surface area (TPSA) is 50.9 Å². The first-order valence-electron chi connectivity index (χ1n) is 6.03. The first-order valence-corrected chi connectivity index (χ1v) is 6.03. The summed E-state index contributed by atoms with van der Waals surface area (Å²) >= 11 is 0. The van der Waals surface area contributed by atoms with Gasteiger partial charge in [-0.05, 0) is 30.7 Å². The van der Waals surface area contributed by atoms with E-state index in [1.807, 2.05) is 0 Å². The summed E-state index contributed by atoms with van der Waals surface area (Å²) in [5.74, 6) is -0.229. The summed E-state index contributed by atoms with van der Waals surface area (Å²) in [5.41, 5.74) is 6.25. The average Bonchev–Trinajstić information content (AvgIpc) is 2.38. The number of pyridine rings is 1. The molecule has 6 heteroatoms. The van der Waals surface area contributed by atoms with Gasteiger partial charge in [-0.3, -0.25) is 0 Å². The van der Waals surface area contributed by atoms with Crippen LogP contribution in [0.2, 0.25) is 0 Å². The molecular weight excluding hydrogens is 267 g/mol. The largest absolute Gasteiger partial charge is 0.419 e. The number of hydrogen-bond acceptors (Lipinski definition) is 3. The molecule has 0 aliphatic rings. The molecular formula is C14H14F3N3. The number of anilines is 2. The zero-order valence-electron chi connectivity index (χ0n) is 10.8. The number of halogens is 3. The minimum absolute atomic E-state index is 0.229. The van der Waals surface area contributed by atoms with Crippen molar-refractivity contribution in [3.05, 3.63) is 53.7 Å². The van der Waals surface area contributed by atoms with Crippen molar-refractivity contribution < 1.29 is 13.2 Å². The lowest BCUT2D eigenvalue weighted by Crippen LogP contribution is -2.12. The van der Waals surface area contributed by atoms with Gasteiger partial charge in [0.05, 0.1) is 5.56 Å². The van der Waals surface area contributed by atoms with E-state index in [1.54, 1.807) is 31.2 Å². The lowest BCUT2D eigenvalue weighted by atomic mass is 10.1. The van der Waals surface area contributed by atoms with Crippen LogP contribution < -0.4 is 11.1 Å². The lowest BCUT2D eigenvalue weighted by molar-refractivity contribution is -0.137. The molecule has 106 valence electrons. The molecule has 1 aromatic heterocycles. The van der Waals surface area contributed by atoms with Crippen molar-refractivity contribution in [3.8, 4) is 0 Å². The third-order valence-electron chi connectivity index (χ3n) is 2.82. The van der Waals surface area contributed by atoms with E-state index in [1.165, 1.54) is 12.3 Å². The number of nitrogens with one attached hydrogen (secondary N) is 1. The Morgan fingerprint density at radius 2 is 1.85 bits per heavy atom. The maximum Gasteiger partial charge on any atom is 0.419 e. The molecule has 1 heterocycles. The summed E-state index contributed by atoms with van der Waals surface area (Å²) in [7, 11) is 0. The van der Waals surface area contributed by atoms with Gasteiger partial charge in [-0.25, -0.2) is 4.98 Å². The van der Waals surface area contributed by atoms with Gasteiger partial charge in [-0.2, -0.15) is 13.2 Å². The number of alkyl halides is 3. The highest BCUT2D eigenvalue weighted by atomic mass is 19.4. The molecule has 1 aromatic carbocycles. The van der Waals surface area contributed by atoms with Gasteiger partial charge in [-0.15, -0.1) is 0 Å². The summed E-state index contributed by atoms with van der Waals surface area (Å²) in [5, 5.41) is 2.72. The standard InChI is InChI=1S/C14H14F3N3/c1-9(18)10-5-2-3-7-12(10)20-13-11(14(15,16)17)6-4-8-19-13/h2-9H,18H2,1H3,(H,19,20). The van der Waals surface area contributed by atoms with Crippen LogP contribution in [0, 0.1) is 0 Å². The molecule has 0 bridgehead atoms. The van der Waals surface area contributed by atoms with Crippen LogP contribution in [-0.2, 0) is 6.18 Å². The number of rotatable bonds is 3. The fraction of sp³-hybridized carbons (Fsp3) is 0.214. The van der Waals surface area contributed by atoms with Gasteiger partial charge in [0.1, 0.15) is 5.82 Å². The Hall–Kier alpha value is -2.08. The molecule has 0 saturated heterocycles. The zero-order chi connectivity index (χ0) is 14.8. The smallest absolute Gasteiger partial charge is 0.339 e. The molecule has 3 N–H and O–H groups in total. The first kappa shape index (κ1) is 14.3. The minimum Gasteiger partial charge on any atom is -0.339 e. The summed E-state index contributed by atoms with van der Waals surface area (Å²) in [6.45, 7) is 1.77. The third kappa shape index (κ3) is 3.08. The van der Waals surface area contributed by atoms with E-state index >= 15 is 0 Å². The molecule has 1 atom stereocenters. The molecule has 1 unspecified atom stereocenters. The van der Waals surface area contributed by atoms with Gasteiger partial charge in [-0.1, -0.05) is 18.2 Å². The molecule has 0 amide bonds. The van der Waals surface area contributed by atoms with Crippen LogP contribution in [-0.4, -0.2) is 4.98 Å². The Morgan fingerprint density at radius 3 is 2.50 bits per heavy atom. The van der Waals surface area contributed by atoms with Crippen LogP contribution in [0.4, 0.5) is 24.7 Å². The summed E-state index contributed by atoms with van der Waals surface area (Å²) in [4.78, 5) is 3.77. The molecule has 0 fully saturated rings. The maximum absolute atomic E-state index is 12.9. The van der Waals surface area contributed by atoms with E-state index in [-0.39, 0.29) is 11.9 Å². The van der Waals surface area contributed by atoms with E-state index in [2.05, 4.69) is 10.3 Å². The van der Waals surface area contributed by atoms with Gasteiger partial charge in [0, 0.05) is 17.9 Å². The Morgan fingerprint density at radius 1 is 1.15 bits per heavy atom.